The summed E-state index contributed by atoms with van der Waals surface area (Å²) in [5.74, 6) is -1.91. The molecule has 0 radical (unpaired) electrons. The van der Waals surface area contributed by atoms with E-state index in [9.17, 15) is 13.6 Å². The maximum Gasteiger partial charge on any atom is 0.200 e. The van der Waals surface area contributed by atoms with Crippen LogP contribution in [0.25, 0.3) is 0 Å². The predicted octanol–water partition coefficient (Wildman–Crippen LogP) is 3.53. The van der Waals surface area contributed by atoms with Gasteiger partial charge < -0.3 is 4.74 Å². The Kier molecular flexibility index (Phi) is 3.90. The Labute approximate surface area is 109 Å². The van der Waals surface area contributed by atoms with Crippen LogP contribution in [-0.2, 0) is 0 Å². The number of hydrogen-bond donors (Lipinski definition) is 0. The molecule has 2 nitrogen and oxygen atoms in total. The summed E-state index contributed by atoms with van der Waals surface area (Å²) in [6, 6.07) is 9.94. The smallest absolute Gasteiger partial charge is 0.200 e. The Bertz CT molecular complexity index is 592. The Hall–Kier alpha value is -2.23. The number of rotatable bonds is 4. The first-order valence-electron chi connectivity index (χ1n) is 5.74. The van der Waals surface area contributed by atoms with Crippen molar-refractivity contribution in [2.75, 3.05) is 6.61 Å². The third-order valence-electron chi connectivity index (χ3n) is 2.63. The normalized spacial score (nSPS) is 10.3. The molecule has 0 saturated carbocycles. The topological polar surface area (TPSA) is 26.3 Å². The average Bonchev–Trinajstić information content (AvgIpc) is 2.38. The highest BCUT2D eigenvalue weighted by molar-refractivity contribution is 5.97. The minimum atomic E-state index is -0.822. The van der Waals surface area contributed by atoms with Crippen molar-refractivity contribution in [2.45, 2.75) is 6.92 Å². The number of Topliss-reactive ketones (excluding diaryl/α,β-unsaturated/α-hetero) is 1. The van der Waals surface area contributed by atoms with Gasteiger partial charge in [-0.25, -0.2) is 8.78 Å². The van der Waals surface area contributed by atoms with Crippen molar-refractivity contribution in [3.05, 3.63) is 65.2 Å². The SMILES string of the molecule is Cc1ccc(C(=O)COc2ccc(F)cc2F)cc1. The molecule has 0 aliphatic carbocycles. The second kappa shape index (κ2) is 5.61. The lowest BCUT2D eigenvalue weighted by Crippen LogP contribution is -2.12. The van der Waals surface area contributed by atoms with Crippen LogP contribution in [0.1, 0.15) is 15.9 Å². The van der Waals surface area contributed by atoms with Gasteiger partial charge in [0.1, 0.15) is 5.82 Å². The lowest BCUT2D eigenvalue weighted by molar-refractivity contribution is 0.0918. The van der Waals surface area contributed by atoms with Crippen LogP contribution in [0, 0.1) is 18.6 Å². The first-order chi connectivity index (χ1) is 9.06. The monoisotopic (exact) mass is 262 g/mol. The molecule has 2 aromatic carbocycles. The first-order valence-corrected chi connectivity index (χ1v) is 5.74. The van der Waals surface area contributed by atoms with Crippen molar-refractivity contribution >= 4 is 5.78 Å². The van der Waals surface area contributed by atoms with Crippen LogP contribution in [0.2, 0.25) is 0 Å². The number of carbonyl (C=O) groups is 1. The van der Waals surface area contributed by atoms with Crippen LogP contribution in [0.5, 0.6) is 5.75 Å². The van der Waals surface area contributed by atoms with Gasteiger partial charge >= 0.3 is 0 Å². The van der Waals surface area contributed by atoms with Gasteiger partial charge in [0.05, 0.1) is 0 Å². The van der Waals surface area contributed by atoms with E-state index in [0.29, 0.717) is 11.6 Å². The summed E-state index contributed by atoms with van der Waals surface area (Å²) in [6.45, 7) is 1.63. The van der Waals surface area contributed by atoms with Gasteiger partial charge in [-0.05, 0) is 19.1 Å². The zero-order valence-corrected chi connectivity index (χ0v) is 10.3. The van der Waals surface area contributed by atoms with E-state index in [1.54, 1.807) is 12.1 Å². The Morgan fingerprint density at radius 2 is 1.79 bits per heavy atom. The quantitative estimate of drug-likeness (QED) is 0.788. The van der Waals surface area contributed by atoms with E-state index in [2.05, 4.69) is 0 Å². The zero-order valence-electron chi connectivity index (χ0n) is 10.3. The Morgan fingerprint density at radius 3 is 2.42 bits per heavy atom. The highest BCUT2D eigenvalue weighted by atomic mass is 19.1. The lowest BCUT2D eigenvalue weighted by atomic mass is 10.1. The van der Waals surface area contributed by atoms with Crippen molar-refractivity contribution in [1.29, 1.82) is 0 Å². The van der Waals surface area contributed by atoms with Crippen LogP contribution < -0.4 is 4.74 Å². The summed E-state index contributed by atoms with van der Waals surface area (Å²) in [4.78, 5) is 11.8. The highest BCUT2D eigenvalue weighted by Gasteiger charge is 2.09. The van der Waals surface area contributed by atoms with E-state index in [1.165, 1.54) is 0 Å². The van der Waals surface area contributed by atoms with Crippen LogP contribution in [-0.4, -0.2) is 12.4 Å². The van der Waals surface area contributed by atoms with Crippen molar-refractivity contribution in [3.63, 3.8) is 0 Å². The molecular formula is C15H12F2O2. The van der Waals surface area contributed by atoms with Gasteiger partial charge in [0.15, 0.2) is 24.0 Å². The summed E-state index contributed by atoms with van der Waals surface area (Å²) in [7, 11) is 0. The molecule has 2 rings (SSSR count). The summed E-state index contributed by atoms with van der Waals surface area (Å²) in [5.41, 5.74) is 1.54. The van der Waals surface area contributed by atoms with E-state index < -0.39 is 11.6 Å². The molecule has 0 unspecified atom stereocenters. The van der Waals surface area contributed by atoms with Crippen LogP contribution in [0.3, 0.4) is 0 Å². The molecule has 2 aromatic rings. The zero-order chi connectivity index (χ0) is 13.8. The van der Waals surface area contributed by atoms with Gasteiger partial charge in [0.25, 0.3) is 0 Å². The number of aryl methyl sites for hydroxylation is 1. The van der Waals surface area contributed by atoms with Gasteiger partial charge in [-0.1, -0.05) is 29.8 Å². The second-order valence-corrected chi connectivity index (χ2v) is 4.15. The Balaban J connectivity index is 2.02. The molecule has 4 heteroatoms. The molecule has 0 saturated heterocycles. The van der Waals surface area contributed by atoms with Crippen molar-refractivity contribution in [3.8, 4) is 5.75 Å². The molecule has 0 fully saturated rings. The van der Waals surface area contributed by atoms with Gasteiger partial charge in [-0.2, -0.15) is 0 Å². The molecule has 19 heavy (non-hydrogen) atoms. The molecule has 0 amide bonds. The summed E-state index contributed by atoms with van der Waals surface area (Å²) >= 11 is 0. The fourth-order valence-electron chi connectivity index (χ4n) is 1.56. The molecule has 0 heterocycles. The number of benzene rings is 2. The molecule has 0 spiro atoms. The molecular weight excluding hydrogens is 250 g/mol. The third kappa shape index (κ3) is 3.37. The summed E-state index contributed by atoms with van der Waals surface area (Å²) in [5, 5.41) is 0. The number of ether oxygens (including phenoxy) is 1. The van der Waals surface area contributed by atoms with Crippen molar-refractivity contribution < 1.29 is 18.3 Å². The molecule has 0 aromatic heterocycles. The molecule has 0 aliphatic heterocycles. The van der Waals surface area contributed by atoms with E-state index >= 15 is 0 Å². The minimum Gasteiger partial charge on any atom is -0.482 e. The summed E-state index contributed by atoms with van der Waals surface area (Å²) in [6.07, 6.45) is 0. The fraction of sp³-hybridized carbons (Fsp3) is 0.133. The average molecular weight is 262 g/mol. The van der Waals surface area contributed by atoms with E-state index in [1.807, 2.05) is 19.1 Å². The summed E-state index contributed by atoms with van der Waals surface area (Å²) < 4.78 is 31.0. The molecule has 0 aliphatic rings. The van der Waals surface area contributed by atoms with Gasteiger partial charge in [-0.15, -0.1) is 0 Å². The van der Waals surface area contributed by atoms with Crippen molar-refractivity contribution in [1.82, 2.24) is 0 Å². The van der Waals surface area contributed by atoms with E-state index in [0.717, 1.165) is 17.7 Å². The van der Waals surface area contributed by atoms with Crippen LogP contribution in [0.15, 0.2) is 42.5 Å². The van der Waals surface area contributed by atoms with E-state index in [-0.39, 0.29) is 18.1 Å². The molecule has 0 atom stereocenters. The minimum absolute atomic E-state index is 0.137. The van der Waals surface area contributed by atoms with Crippen molar-refractivity contribution in [2.24, 2.45) is 0 Å². The highest BCUT2D eigenvalue weighted by Crippen LogP contribution is 2.17. The number of hydrogen-bond acceptors (Lipinski definition) is 2. The van der Waals surface area contributed by atoms with Crippen LogP contribution >= 0.6 is 0 Å². The van der Waals surface area contributed by atoms with E-state index in [4.69, 9.17) is 4.74 Å². The first kappa shape index (κ1) is 13.2. The third-order valence-corrected chi connectivity index (χ3v) is 2.63. The van der Waals surface area contributed by atoms with Gasteiger partial charge in [0.2, 0.25) is 0 Å². The predicted molar refractivity (Wildman–Crippen MR) is 67.4 cm³/mol. The lowest BCUT2D eigenvalue weighted by Gasteiger charge is -2.06. The van der Waals surface area contributed by atoms with Gasteiger partial charge in [-0.3, -0.25) is 4.79 Å². The molecule has 0 bridgehead atoms. The second-order valence-electron chi connectivity index (χ2n) is 4.15. The Morgan fingerprint density at radius 1 is 1.11 bits per heavy atom. The van der Waals surface area contributed by atoms with Gasteiger partial charge in [0, 0.05) is 11.6 Å². The fourth-order valence-corrected chi connectivity index (χ4v) is 1.56. The number of carbonyl (C=O) groups excluding carboxylic acids is 1. The number of ketones is 1. The maximum absolute atomic E-state index is 13.3. The van der Waals surface area contributed by atoms with Crippen LogP contribution in [0.4, 0.5) is 8.78 Å². The molecule has 98 valence electrons. The maximum atomic E-state index is 13.3. The molecule has 0 N–H and O–H groups in total. The number of halogens is 2. The largest absolute Gasteiger partial charge is 0.482 e. The standard InChI is InChI=1S/C15H12F2O2/c1-10-2-4-11(5-3-10)14(18)9-19-15-7-6-12(16)8-13(15)17/h2-8H,9H2,1H3.